The molecule has 1 saturated heterocycles. The number of para-hydroxylation sites is 2. The summed E-state index contributed by atoms with van der Waals surface area (Å²) >= 11 is 0. The van der Waals surface area contributed by atoms with Gasteiger partial charge >= 0.3 is 0 Å². The van der Waals surface area contributed by atoms with Crippen LogP contribution in [0.5, 0.6) is 5.75 Å². The standard InChI is InChI=1S/C26H21N3O4/c1-33-21-12-5-2-8-16(21)15-29-23(20-11-6-7-13-27-20)22(25(31)26(29)32)24(30)18-14-28-19-10-4-3-9-17(18)19/h2-14,23,28,30H,15H2,1H3/b24-22-. The van der Waals surface area contributed by atoms with Crippen molar-refractivity contribution >= 4 is 28.4 Å². The number of benzene rings is 2. The highest BCUT2D eigenvalue weighted by molar-refractivity contribution is 6.46. The van der Waals surface area contributed by atoms with E-state index in [-0.39, 0.29) is 17.9 Å². The molecule has 1 unspecified atom stereocenters. The number of ether oxygens (including phenoxy) is 1. The maximum absolute atomic E-state index is 13.2. The number of amides is 1. The summed E-state index contributed by atoms with van der Waals surface area (Å²) in [5.41, 5.74) is 2.53. The molecule has 2 N–H and O–H groups in total. The van der Waals surface area contributed by atoms with Crippen molar-refractivity contribution in [2.24, 2.45) is 0 Å². The number of likely N-dealkylation sites (tertiary alicyclic amines) is 1. The number of fused-ring (bicyclic) bond motifs is 1. The molecule has 0 bridgehead atoms. The Balaban J connectivity index is 1.68. The third-order valence-corrected chi connectivity index (χ3v) is 5.89. The van der Waals surface area contributed by atoms with Crippen molar-refractivity contribution in [2.45, 2.75) is 12.6 Å². The number of ketones is 1. The van der Waals surface area contributed by atoms with Crippen LogP contribution in [-0.4, -0.2) is 38.8 Å². The summed E-state index contributed by atoms with van der Waals surface area (Å²) in [6.45, 7) is 0.125. The van der Waals surface area contributed by atoms with Gasteiger partial charge in [0, 0.05) is 34.4 Å². The Morgan fingerprint density at radius 1 is 1.06 bits per heavy atom. The number of rotatable bonds is 5. The molecule has 2 aromatic heterocycles. The van der Waals surface area contributed by atoms with Crippen LogP contribution in [0.15, 0.2) is 84.7 Å². The van der Waals surface area contributed by atoms with Gasteiger partial charge in [-0.05, 0) is 24.3 Å². The van der Waals surface area contributed by atoms with Gasteiger partial charge in [0.15, 0.2) is 0 Å². The molecule has 3 heterocycles. The number of aliphatic hydroxyl groups excluding tert-OH is 1. The Bertz CT molecular complexity index is 1390. The molecule has 0 spiro atoms. The monoisotopic (exact) mass is 439 g/mol. The van der Waals surface area contributed by atoms with Crippen molar-refractivity contribution in [1.29, 1.82) is 0 Å². The van der Waals surface area contributed by atoms with Gasteiger partial charge in [0.1, 0.15) is 17.6 Å². The van der Waals surface area contributed by atoms with Gasteiger partial charge < -0.3 is 19.7 Å². The Morgan fingerprint density at radius 3 is 2.61 bits per heavy atom. The van der Waals surface area contributed by atoms with Crippen LogP contribution in [0.2, 0.25) is 0 Å². The van der Waals surface area contributed by atoms with E-state index in [0.29, 0.717) is 17.0 Å². The number of hydrogen-bond donors (Lipinski definition) is 2. The molecule has 7 nitrogen and oxygen atoms in total. The predicted octanol–water partition coefficient (Wildman–Crippen LogP) is 4.19. The third kappa shape index (κ3) is 3.43. The average Bonchev–Trinajstić information content (AvgIpc) is 3.39. The van der Waals surface area contributed by atoms with Crippen LogP contribution in [-0.2, 0) is 16.1 Å². The first kappa shape index (κ1) is 20.5. The van der Waals surface area contributed by atoms with E-state index in [1.807, 2.05) is 42.5 Å². The van der Waals surface area contributed by atoms with E-state index in [0.717, 1.165) is 16.5 Å². The molecule has 1 aliphatic heterocycles. The van der Waals surface area contributed by atoms with Crippen molar-refractivity contribution < 1.29 is 19.4 Å². The maximum atomic E-state index is 13.2. The SMILES string of the molecule is COc1ccccc1CN1C(=O)C(=O)/C(=C(\O)c2c[nH]c3ccccc23)C1c1ccccn1. The maximum Gasteiger partial charge on any atom is 0.296 e. The number of pyridine rings is 1. The second kappa shape index (κ2) is 8.27. The van der Waals surface area contributed by atoms with Crippen molar-refractivity contribution in [2.75, 3.05) is 7.11 Å². The van der Waals surface area contributed by atoms with E-state index < -0.39 is 17.7 Å². The number of aromatic nitrogens is 2. The lowest BCUT2D eigenvalue weighted by Crippen LogP contribution is -2.29. The first-order valence-electron chi connectivity index (χ1n) is 10.5. The van der Waals surface area contributed by atoms with Crippen molar-refractivity contribution in [3.05, 3.63) is 102 Å². The predicted molar refractivity (Wildman–Crippen MR) is 123 cm³/mol. The molecule has 1 amide bonds. The number of aromatic amines is 1. The summed E-state index contributed by atoms with van der Waals surface area (Å²) < 4.78 is 5.44. The summed E-state index contributed by atoms with van der Waals surface area (Å²) in [4.78, 5) is 35.4. The zero-order chi connectivity index (χ0) is 22.9. The summed E-state index contributed by atoms with van der Waals surface area (Å²) in [5.74, 6) is -1.07. The lowest BCUT2D eigenvalue weighted by atomic mass is 9.98. The second-order valence-corrected chi connectivity index (χ2v) is 7.74. The number of carbonyl (C=O) groups is 2. The smallest absolute Gasteiger partial charge is 0.296 e. The molecule has 0 aliphatic carbocycles. The fourth-order valence-electron chi connectivity index (χ4n) is 4.32. The molecule has 5 rings (SSSR count). The van der Waals surface area contributed by atoms with Crippen molar-refractivity contribution in [3.8, 4) is 5.75 Å². The molecule has 4 aromatic rings. The van der Waals surface area contributed by atoms with Crippen LogP contribution in [0, 0.1) is 0 Å². The number of carbonyl (C=O) groups excluding carboxylic acids is 2. The quantitative estimate of drug-likeness (QED) is 0.276. The Kier molecular flexibility index (Phi) is 5.14. The lowest BCUT2D eigenvalue weighted by Gasteiger charge is -2.25. The summed E-state index contributed by atoms with van der Waals surface area (Å²) in [6, 6.07) is 19.2. The van der Waals surface area contributed by atoms with E-state index in [1.165, 1.54) is 4.90 Å². The molecule has 1 fully saturated rings. The first-order valence-corrected chi connectivity index (χ1v) is 10.5. The summed E-state index contributed by atoms with van der Waals surface area (Å²) in [6.07, 6.45) is 3.24. The Hall–Kier alpha value is -4.39. The number of H-pyrrole nitrogens is 1. The van der Waals surface area contributed by atoms with Gasteiger partial charge in [0.05, 0.1) is 24.9 Å². The fourth-order valence-corrected chi connectivity index (χ4v) is 4.32. The molecule has 0 radical (unpaired) electrons. The van der Waals surface area contributed by atoms with E-state index in [9.17, 15) is 14.7 Å². The molecule has 7 heteroatoms. The number of nitrogens with one attached hydrogen (secondary N) is 1. The Labute approximate surface area is 190 Å². The van der Waals surface area contributed by atoms with Gasteiger partial charge in [0.2, 0.25) is 0 Å². The van der Waals surface area contributed by atoms with Crippen molar-refractivity contribution in [3.63, 3.8) is 0 Å². The normalized spacial score (nSPS) is 17.6. The minimum atomic E-state index is -0.843. The van der Waals surface area contributed by atoms with Crippen LogP contribution in [0.4, 0.5) is 0 Å². The number of Topliss-reactive ketones (excluding diaryl/α,β-unsaturated/α-hetero) is 1. The molecular formula is C26H21N3O4. The van der Waals surface area contributed by atoms with Gasteiger partial charge in [-0.1, -0.05) is 42.5 Å². The van der Waals surface area contributed by atoms with Crippen LogP contribution in [0.1, 0.15) is 22.9 Å². The molecule has 1 atom stereocenters. The Morgan fingerprint density at radius 2 is 1.82 bits per heavy atom. The molecule has 33 heavy (non-hydrogen) atoms. The average molecular weight is 439 g/mol. The van der Waals surface area contributed by atoms with E-state index >= 15 is 0 Å². The summed E-state index contributed by atoms with van der Waals surface area (Å²) in [5, 5.41) is 12.1. The number of nitrogens with zero attached hydrogens (tertiary/aromatic N) is 2. The van der Waals surface area contributed by atoms with Crippen LogP contribution < -0.4 is 4.74 Å². The van der Waals surface area contributed by atoms with E-state index in [2.05, 4.69) is 9.97 Å². The summed E-state index contributed by atoms with van der Waals surface area (Å²) in [7, 11) is 1.56. The molecule has 164 valence electrons. The van der Waals surface area contributed by atoms with E-state index in [4.69, 9.17) is 4.74 Å². The van der Waals surface area contributed by atoms with Crippen LogP contribution in [0.25, 0.3) is 16.7 Å². The van der Waals surface area contributed by atoms with Gasteiger partial charge in [-0.25, -0.2) is 0 Å². The zero-order valence-electron chi connectivity index (χ0n) is 17.9. The minimum Gasteiger partial charge on any atom is -0.507 e. The molecule has 0 saturated carbocycles. The third-order valence-electron chi connectivity index (χ3n) is 5.89. The highest BCUT2D eigenvalue weighted by Crippen LogP contribution is 2.41. The second-order valence-electron chi connectivity index (χ2n) is 7.74. The van der Waals surface area contributed by atoms with Gasteiger partial charge in [0.25, 0.3) is 11.7 Å². The largest absolute Gasteiger partial charge is 0.507 e. The zero-order valence-corrected chi connectivity index (χ0v) is 17.9. The first-order chi connectivity index (χ1) is 16.1. The fraction of sp³-hybridized carbons (Fsp3) is 0.115. The molecule has 2 aromatic carbocycles. The van der Waals surface area contributed by atoms with Gasteiger partial charge in [-0.15, -0.1) is 0 Å². The van der Waals surface area contributed by atoms with Crippen LogP contribution >= 0.6 is 0 Å². The van der Waals surface area contributed by atoms with Gasteiger partial charge in [-0.3, -0.25) is 14.6 Å². The highest BCUT2D eigenvalue weighted by atomic mass is 16.5. The molecule has 1 aliphatic rings. The van der Waals surface area contributed by atoms with Crippen LogP contribution in [0.3, 0.4) is 0 Å². The van der Waals surface area contributed by atoms with E-state index in [1.54, 1.807) is 43.8 Å². The van der Waals surface area contributed by atoms with Crippen molar-refractivity contribution in [1.82, 2.24) is 14.9 Å². The minimum absolute atomic E-state index is 0.0124. The number of methoxy groups -OCH3 is 1. The number of hydrogen-bond acceptors (Lipinski definition) is 5. The van der Waals surface area contributed by atoms with Gasteiger partial charge in [-0.2, -0.15) is 0 Å². The lowest BCUT2D eigenvalue weighted by molar-refractivity contribution is -0.140. The highest BCUT2D eigenvalue weighted by Gasteiger charge is 2.47. The number of aliphatic hydroxyl groups is 1. The topological polar surface area (TPSA) is 95.5 Å². The molecular weight excluding hydrogens is 418 g/mol.